The van der Waals surface area contributed by atoms with Crippen molar-refractivity contribution in [3.8, 4) is 0 Å². The van der Waals surface area contributed by atoms with E-state index in [4.69, 9.17) is 5.11 Å². The smallest absolute Gasteiger partial charge is 0.372 e. The molecule has 0 bridgehead atoms. The molecule has 1 aromatic carbocycles. The average molecular weight is 251 g/mol. The minimum absolute atomic E-state index is 0.283. The summed E-state index contributed by atoms with van der Waals surface area (Å²) in [5.41, 5.74) is 0.901. The maximum atomic E-state index is 12.8. The van der Waals surface area contributed by atoms with E-state index in [0.717, 1.165) is 5.69 Å². The van der Waals surface area contributed by atoms with E-state index in [0.29, 0.717) is 25.9 Å². The number of rotatable bonds is 3. The number of nitrogens with zero attached hydrogens (tertiary/aromatic N) is 1. The number of halogens is 1. The van der Waals surface area contributed by atoms with Gasteiger partial charge in [-0.15, -0.1) is 0 Å². The summed E-state index contributed by atoms with van der Waals surface area (Å²) in [5, 5.41) is 8.64. The van der Waals surface area contributed by atoms with Gasteiger partial charge in [-0.1, -0.05) is 0 Å². The number of Topliss-reactive ketones (excluding diaryl/α,β-unsaturated/α-hetero) is 1. The predicted octanol–water partition coefficient (Wildman–Crippen LogP) is 1.70. The second kappa shape index (κ2) is 5.16. The van der Waals surface area contributed by atoms with Crippen LogP contribution in [0.25, 0.3) is 0 Å². The van der Waals surface area contributed by atoms with E-state index in [1.807, 2.05) is 4.90 Å². The van der Waals surface area contributed by atoms with Crippen LogP contribution in [-0.4, -0.2) is 29.9 Å². The largest absolute Gasteiger partial charge is 0.475 e. The molecule has 1 aliphatic heterocycles. The summed E-state index contributed by atoms with van der Waals surface area (Å²) in [6, 6.07) is 6.16. The highest BCUT2D eigenvalue weighted by molar-refractivity contribution is 6.33. The number of carboxylic acids is 1. The Morgan fingerprint density at radius 1 is 1.17 bits per heavy atom. The zero-order valence-electron chi connectivity index (χ0n) is 9.80. The Morgan fingerprint density at radius 2 is 1.72 bits per heavy atom. The van der Waals surface area contributed by atoms with Crippen LogP contribution in [0.5, 0.6) is 0 Å². The average Bonchev–Trinajstić information content (AvgIpc) is 2.39. The number of aliphatic carboxylic acids is 1. The SMILES string of the molecule is O=C(O)C(=O)C1CCN(c2ccc(F)cc2)CC1. The normalized spacial score (nSPS) is 16.6. The van der Waals surface area contributed by atoms with Gasteiger partial charge in [-0.2, -0.15) is 0 Å². The molecule has 0 aliphatic carbocycles. The predicted molar refractivity (Wildman–Crippen MR) is 64.0 cm³/mol. The van der Waals surface area contributed by atoms with Gasteiger partial charge in [-0.3, -0.25) is 4.79 Å². The molecule has 1 saturated heterocycles. The first kappa shape index (κ1) is 12.5. The molecule has 0 radical (unpaired) electrons. The summed E-state index contributed by atoms with van der Waals surface area (Å²) in [7, 11) is 0. The van der Waals surface area contributed by atoms with Crippen LogP contribution in [-0.2, 0) is 9.59 Å². The lowest BCUT2D eigenvalue weighted by Crippen LogP contribution is -2.38. The summed E-state index contributed by atoms with van der Waals surface area (Å²) in [5.74, 6) is -2.72. The Bertz CT molecular complexity index is 450. The summed E-state index contributed by atoms with van der Waals surface area (Å²) in [4.78, 5) is 23.9. The molecule has 1 fully saturated rings. The molecule has 1 aromatic rings. The Hall–Kier alpha value is -1.91. The first-order valence-electron chi connectivity index (χ1n) is 5.85. The van der Waals surface area contributed by atoms with Crippen molar-refractivity contribution < 1.29 is 19.1 Å². The molecule has 0 atom stereocenters. The summed E-state index contributed by atoms with van der Waals surface area (Å²) in [6.07, 6.45) is 1.06. The van der Waals surface area contributed by atoms with E-state index >= 15 is 0 Å². The lowest BCUT2D eigenvalue weighted by atomic mass is 9.92. The van der Waals surface area contributed by atoms with Gasteiger partial charge in [0.2, 0.25) is 5.78 Å². The fourth-order valence-electron chi connectivity index (χ4n) is 2.23. The van der Waals surface area contributed by atoms with Crippen molar-refractivity contribution in [3.63, 3.8) is 0 Å². The number of ketones is 1. The van der Waals surface area contributed by atoms with Crippen LogP contribution in [0, 0.1) is 11.7 Å². The third-order valence-corrected chi connectivity index (χ3v) is 3.27. The van der Waals surface area contributed by atoms with Gasteiger partial charge in [-0.25, -0.2) is 9.18 Å². The van der Waals surface area contributed by atoms with Crippen LogP contribution < -0.4 is 4.90 Å². The number of anilines is 1. The highest BCUT2D eigenvalue weighted by Crippen LogP contribution is 2.24. The van der Waals surface area contributed by atoms with Gasteiger partial charge in [0, 0.05) is 24.7 Å². The maximum Gasteiger partial charge on any atom is 0.372 e. The van der Waals surface area contributed by atoms with E-state index < -0.39 is 11.8 Å². The Balaban J connectivity index is 1.96. The molecular formula is C13H14FNO3. The fraction of sp³-hybridized carbons (Fsp3) is 0.385. The van der Waals surface area contributed by atoms with Crippen LogP contribution in [0.1, 0.15) is 12.8 Å². The molecule has 4 nitrogen and oxygen atoms in total. The topological polar surface area (TPSA) is 57.6 Å². The summed E-state index contributed by atoms with van der Waals surface area (Å²) < 4.78 is 12.8. The number of carbonyl (C=O) groups is 2. The third kappa shape index (κ3) is 2.67. The number of piperidine rings is 1. The minimum atomic E-state index is -1.35. The molecule has 1 heterocycles. The Kier molecular flexibility index (Phi) is 3.60. The molecule has 0 unspecified atom stereocenters. The maximum absolute atomic E-state index is 12.8. The zero-order valence-corrected chi connectivity index (χ0v) is 9.80. The van der Waals surface area contributed by atoms with Crippen LogP contribution in [0.15, 0.2) is 24.3 Å². The van der Waals surface area contributed by atoms with Gasteiger partial charge < -0.3 is 10.0 Å². The van der Waals surface area contributed by atoms with E-state index in [9.17, 15) is 14.0 Å². The van der Waals surface area contributed by atoms with Crippen molar-refractivity contribution >= 4 is 17.4 Å². The molecule has 0 spiro atoms. The number of hydrogen-bond acceptors (Lipinski definition) is 3. The molecule has 1 N–H and O–H groups in total. The van der Waals surface area contributed by atoms with E-state index in [1.54, 1.807) is 12.1 Å². The van der Waals surface area contributed by atoms with Crippen molar-refractivity contribution in [2.24, 2.45) is 5.92 Å². The van der Waals surface area contributed by atoms with Gasteiger partial charge in [0.25, 0.3) is 0 Å². The molecule has 18 heavy (non-hydrogen) atoms. The van der Waals surface area contributed by atoms with Gasteiger partial charge in [0.15, 0.2) is 0 Å². The molecule has 0 saturated carbocycles. The van der Waals surface area contributed by atoms with E-state index in [1.165, 1.54) is 12.1 Å². The van der Waals surface area contributed by atoms with Crippen LogP contribution >= 0.6 is 0 Å². The highest BCUT2D eigenvalue weighted by atomic mass is 19.1. The Labute approximate surface area is 104 Å². The summed E-state index contributed by atoms with van der Waals surface area (Å²) in [6.45, 7) is 1.24. The molecule has 96 valence electrons. The number of hydrogen-bond donors (Lipinski definition) is 1. The number of benzene rings is 1. The second-order valence-electron chi connectivity index (χ2n) is 4.41. The van der Waals surface area contributed by atoms with Crippen molar-refractivity contribution in [1.29, 1.82) is 0 Å². The first-order valence-corrected chi connectivity index (χ1v) is 5.85. The van der Waals surface area contributed by atoms with Gasteiger partial charge in [-0.05, 0) is 37.1 Å². The van der Waals surface area contributed by atoms with Gasteiger partial charge >= 0.3 is 5.97 Å². The molecule has 5 heteroatoms. The van der Waals surface area contributed by atoms with Crippen molar-refractivity contribution in [1.82, 2.24) is 0 Å². The molecule has 0 amide bonds. The molecule has 2 rings (SSSR count). The molecule has 1 aliphatic rings. The zero-order chi connectivity index (χ0) is 13.1. The standard InChI is InChI=1S/C13H14FNO3/c14-10-1-3-11(4-2-10)15-7-5-9(6-8-15)12(16)13(17)18/h1-4,9H,5-8H2,(H,17,18). The van der Waals surface area contributed by atoms with Crippen LogP contribution in [0.3, 0.4) is 0 Å². The van der Waals surface area contributed by atoms with E-state index in [-0.39, 0.29) is 11.7 Å². The molecular weight excluding hydrogens is 237 g/mol. The van der Waals surface area contributed by atoms with Gasteiger partial charge in [0.05, 0.1) is 0 Å². The monoisotopic (exact) mass is 251 g/mol. The lowest BCUT2D eigenvalue weighted by Gasteiger charge is -2.32. The minimum Gasteiger partial charge on any atom is -0.475 e. The lowest BCUT2D eigenvalue weighted by molar-refractivity contribution is -0.151. The van der Waals surface area contributed by atoms with Crippen molar-refractivity contribution in [2.75, 3.05) is 18.0 Å². The number of carbonyl (C=O) groups excluding carboxylic acids is 1. The van der Waals surface area contributed by atoms with Crippen LogP contribution in [0.4, 0.5) is 10.1 Å². The van der Waals surface area contributed by atoms with Gasteiger partial charge in [0.1, 0.15) is 5.82 Å². The molecule has 0 aromatic heterocycles. The first-order chi connectivity index (χ1) is 8.58. The number of carboxylic acid groups (broad SMARTS) is 1. The highest BCUT2D eigenvalue weighted by Gasteiger charge is 2.28. The van der Waals surface area contributed by atoms with Crippen molar-refractivity contribution in [3.05, 3.63) is 30.1 Å². The third-order valence-electron chi connectivity index (χ3n) is 3.27. The Morgan fingerprint density at radius 3 is 2.22 bits per heavy atom. The van der Waals surface area contributed by atoms with Crippen molar-refractivity contribution in [2.45, 2.75) is 12.8 Å². The fourth-order valence-corrected chi connectivity index (χ4v) is 2.23. The second-order valence-corrected chi connectivity index (χ2v) is 4.41. The van der Waals surface area contributed by atoms with Crippen LogP contribution in [0.2, 0.25) is 0 Å². The summed E-state index contributed by atoms with van der Waals surface area (Å²) >= 11 is 0. The van der Waals surface area contributed by atoms with E-state index in [2.05, 4.69) is 0 Å². The quantitative estimate of drug-likeness (QED) is 0.831.